The maximum Gasteiger partial charge on any atom is 0.274 e. The summed E-state index contributed by atoms with van der Waals surface area (Å²) in [6.45, 7) is 4.36. The van der Waals surface area contributed by atoms with Gasteiger partial charge >= 0.3 is 0 Å². The van der Waals surface area contributed by atoms with Crippen LogP contribution in [-0.4, -0.2) is 10.9 Å². The maximum absolute atomic E-state index is 12.0. The quantitative estimate of drug-likeness (QED) is 0.888. The fraction of sp³-hybridized carbons (Fsp3) is 0.250. The lowest BCUT2D eigenvalue weighted by atomic mass is 9.99. The molecule has 0 aliphatic heterocycles. The molecule has 3 nitrogen and oxygen atoms in total. The first-order valence-electron chi connectivity index (χ1n) is 6.63. The molecule has 1 aromatic carbocycles. The second kappa shape index (κ2) is 6.66. The van der Waals surface area contributed by atoms with Crippen LogP contribution in [0, 0.1) is 0 Å². The van der Waals surface area contributed by atoms with Crippen LogP contribution in [0.1, 0.15) is 42.2 Å². The molecule has 2 aromatic rings. The van der Waals surface area contributed by atoms with Gasteiger partial charge in [-0.3, -0.25) is 4.79 Å². The number of hydrogen-bond donors (Lipinski definition) is 1. The summed E-state index contributed by atoms with van der Waals surface area (Å²) in [5.41, 5.74) is 2.47. The first-order chi connectivity index (χ1) is 9.60. The SMILES string of the molecule is CCC(C)c1ccc(NC(=O)c2ccc(Br)cn2)cc1. The van der Waals surface area contributed by atoms with Crippen molar-refractivity contribution in [3.63, 3.8) is 0 Å². The van der Waals surface area contributed by atoms with Gasteiger partial charge in [0.25, 0.3) is 5.91 Å². The molecular formula is C16H17BrN2O. The third-order valence-corrected chi connectivity index (χ3v) is 3.78. The van der Waals surface area contributed by atoms with E-state index in [1.54, 1.807) is 18.3 Å². The number of pyridine rings is 1. The van der Waals surface area contributed by atoms with Gasteiger partial charge in [-0.1, -0.05) is 26.0 Å². The number of benzene rings is 1. The van der Waals surface area contributed by atoms with Gasteiger partial charge in [-0.25, -0.2) is 4.98 Å². The van der Waals surface area contributed by atoms with Crippen molar-refractivity contribution < 1.29 is 4.79 Å². The van der Waals surface area contributed by atoms with Crippen molar-refractivity contribution in [1.82, 2.24) is 4.98 Å². The second-order valence-electron chi connectivity index (χ2n) is 4.75. The average Bonchev–Trinajstić information content (AvgIpc) is 2.48. The summed E-state index contributed by atoms with van der Waals surface area (Å²) in [5, 5.41) is 2.85. The van der Waals surface area contributed by atoms with Crippen molar-refractivity contribution in [2.45, 2.75) is 26.2 Å². The molecule has 1 atom stereocenters. The fourth-order valence-corrected chi connectivity index (χ4v) is 2.07. The number of hydrogen-bond acceptors (Lipinski definition) is 2. The Hall–Kier alpha value is -1.68. The first kappa shape index (κ1) is 14.7. The van der Waals surface area contributed by atoms with E-state index in [1.165, 1.54) is 5.56 Å². The number of anilines is 1. The van der Waals surface area contributed by atoms with Gasteiger partial charge in [0.15, 0.2) is 0 Å². The molecule has 0 fully saturated rings. The predicted octanol–water partition coefficient (Wildman–Crippen LogP) is 4.61. The Morgan fingerprint density at radius 1 is 1.25 bits per heavy atom. The summed E-state index contributed by atoms with van der Waals surface area (Å²) in [4.78, 5) is 16.1. The number of nitrogens with one attached hydrogen (secondary N) is 1. The molecule has 2 rings (SSSR count). The van der Waals surface area contributed by atoms with E-state index in [4.69, 9.17) is 0 Å². The van der Waals surface area contributed by atoms with Gasteiger partial charge in [-0.2, -0.15) is 0 Å². The van der Waals surface area contributed by atoms with Crippen LogP contribution >= 0.6 is 15.9 Å². The zero-order valence-corrected chi connectivity index (χ0v) is 13.1. The zero-order chi connectivity index (χ0) is 14.5. The fourth-order valence-electron chi connectivity index (χ4n) is 1.84. The van der Waals surface area contributed by atoms with Crippen LogP contribution in [0.2, 0.25) is 0 Å². The van der Waals surface area contributed by atoms with E-state index in [9.17, 15) is 4.79 Å². The molecule has 1 aromatic heterocycles. The van der Waals surface area contributed by atoms with E-state index in [0.29, 0.717) is 11.6 Å². The van der Waals surface area contributed by atoms with Crippen LogP contribution in [0.15, 0.2) is 47.1 Å². The number of carbonyl (C=O) groups is 1. The Kier molecular flexibility index (Phi) is 4.90. The summed E-state index contributed by atoms with van der Waals surface area (Å²) < 4.78 is 0.854. The highest BCUT2D eigenvalue weighted by atomic mass is 79.9. The molecule has 0 bridgehead atoms. The molecule has 0 radical (unpaired) electrons. The van der Waals surface area contributed by atoms with E-state index in [-0.39, 0.29) is 5.91 Å². The van der Waals surface area contributed by atoms with Gasteiger partial charge in [-0.05, 0) is 58.1 Å². The molecule has 0 saturated carbocycles. The van der Waals surface area contributed by atoms with Crippen molar-refractivity contribution in [1.29, 1.82) is 0 Å². The van der Waals surface area contributed by atoms with E-state index in [0.717, 1.165) is 16.6 Å². The lowest BCUT2D eigenvalue weighted by molar-refractivity contribution is 0.102. The minimum Gasteiger partial charge on any atom is -0.321 e. The van der Waals surface area contributed by atoms with Gasteiger partial charge in [0, 0.05) is 16.4 Å². The van der Waals surface area contributed by atoms with Gasteiger partial charge < -0.3 is 5.32 Å². The Morgan fingerprint density at radius 3 is 2.50 bits per heavy atom. The van der Waals surface area contributed by atoms with Crippen LogP contribution in [-0.2, 0) is 0 Å². The maximum atomic E-state index is 12.0. The molecule has 104 valence electrons. The van der Waals surface area contributed by atoms with Crippen molar-refractivity contribution in [3.8, 4) is 0 Å². The lowest BCUT2D eigenvalue weighted by Gasteiger charge is -2.10. The molecule has 1 unspecified atom stereocenters. The van der Waals surface area contributed by atoms with Gasteiger partial charge in [0.1, 0.15) is 5.69 Å². The van der Waals surface area contributed by atoms with E-state index < -0.39 is 0 Å². The highest BCUT2D eigenvalue weighted by Gasteiger charge is 2.08. The number of amides is 1. The number of nitrogens with zero attached hydrogens (tertiary/aromatic N) is 1. The molecule has 0 aliphatic rings. The Morgan fingerprint density at radius 2 is 1.95 bits per heavy atom. The van der Waals surface area contributed by atoms with E-state index in [2.05, 4.69) is 52.2 Å². The normalized spacial score (nSPS) is 11.9. The third-order valence-electron chi connectivity index (χ3n) is 3.31. The molecule has 0 saturated heterocycles. The number of carbonyl (C=O) groups excluding carboxylic acids is 1. The van der Waals surface area contributed by atoms with Crippen LogP contribution in [0.5, 0.6) is 0 Å². The Bertz CT molecular complexity index is 578. The molecule has 1 N–H and O–H groups in total. The second-order valence-corrected chi connectivity index (χ2v) is 5.66. The van der Waals surface area contributed by atoms with Crippen molar-refractivity contribution in [2.75, 3.05) is 5.32 Å². The molecular weight excluding hydrogens is 316 g/mol. The number of aromatic nitrogens is 1. The summed E-state index contributed by atoms with van der Waals surface area (Å²) >= 11 is 3.30. The summed E-state index contributed by atoms with van der Waals surface area (Å²) in [6, 6.07) is 11.5. The zero-order valence-electron chi connectivity index (χ0n) is 11.6. The molecule has 0 spiro atoms. The lowest BCUT2D eigenvalue weighted by Crippen LogP contribution is -2.13. The number of halogens is 1. The first-order valence-corrected chi connectivity index (χ1v) is 7.42. The third kappa shape index (κ3) is 3.67. The Labute approximate surface area is 127 Å². The Balaban J connectivity index is 2.06. The highest BCUT2D eigenvalue weighted by molar-refractivity contribution is 9.10. The number of rotatable bonds is 4. The van der Waals surface area contributed by atoms with Crippen LogP contribution < -0.4 is 5.32 Å². The van der Waals surface area contributed by atoms with E-state index in [1.807, 2.05) is 12.1 Å². The molecule has 1 heterocycles. The molecule has 1 amide bonds. The average molecular weight is 333 g/mol. The largest absolute Gasteiger partial charge is 0.321 e. The minimum atomic E-state index is -0.200. The molecule has 0 aliphatic carbocycles. The summed E-state index contributed by atoms with van der Waals surface area (Å²) in [6.07, 6.45) is 2.72. The standard InChI is InChI=1S/C16H17BrN2O/c1-3-11(2)12-4-7-14(8-5-12)19-16(20)15-9-6-13(17)10-18-15/h4-11H,3H2,1-2H3,(H,19,20). The highest BCUT2D eigenvalue weighted by Crippen LogP contribution is 2.20. The van der Waals surface area contributed by atoms with Crippen molar-refractivity contribution in [3.05, 3.63) is 58.3 Å². The van der Waals surface area contributed by atoms with Crippen molar-refractivity contribution >= 4 is 27.5 Å². The van der Waals surface area contributed by atoms with Crippen LogP contribution in [0.3, 0.4) is 0 Å². The monoisotopic (exact) mass is 332 g/mol. The topological polar surface area (TPSA) is 42.0 Å². The van der Waals surface area contributed by atoms with Crippen LogP contribution in [0.25, 0.3) is 0 Å². The molecule has 20 heavy (non-hydrogen) atoms. The van der Waals surface area contributed by atoms with E-state index >= 15 is 0 Å². The van der Waals surface area contributed by atoms with Gasteiger partial charge in [-0.15, -0.1) is 0 Å². The smallest absolute Gasteiger partial charge is 0.274 e. The van der Waals surface area contributed by atoms with Gasteiger partial charge in [0.2, 0.25) is 0 Å². The van der Waals surface area contributed by atoms with Gasteiger partial charge in [0.05, 0.1) is 0 Å². The molecule has 4 heteroatoms. The van der Waals surface area contributed by atoms with Crippen LogP contribution in [0.4, 0.5) is 5.69 Å². The van der Waals surface area contributed by atoms with Crippen molar-refractivity contribution in [2.24, 2.45) is 0 Å². The summed E-state index contributed by atoms with van der Waals surface area (Å²) in [7, 11) is 0. The summed E-state index contributed by atoms with van der Waals surface area (Å²) in [5.74, 6) is 0.335. The predicted molar refractivity (Wildman–Crippen MR) is 85.0 cm³/mol. The minimum absolute atomic E-state index is 0.200.